The van der Waals surface area contributed by atoms with E-state index in [0.717, 1.165) is 64.2 Å². The van der Waals surface area contributed by atoms with E-state index >= 15 is 0 Å². The summed E-state index contributed by atoms with van der Waals surface area (Å²) in [6, 6.07) is 0. The van der Waals surface area contributed by atoms with Crippen molar-refractivity contribution in [1.29, 1.82) is 0 Å². The lowest BCUT2D eigenvalue weighted by Gasteiger charge is -2.12. The molecule has 2 N–H and O–H groups in total. The molecule has 0 spiro atoms. The Kier molecular flexibility index (Phi) is 18.0. The van der Waals surface area contributed by atoms with Gasteiger partial charge in [0.15, 0.2) is 0 Å². The van der Waals surface area contributed by atoms with E-state index in [2.05, 4.69) is 6.92 Å². The van der Waals surface area contributed by atoms with Gasteiger partial charge in [-0.25, -0.2) is 0 Å². The highest BCUT2D eigenvalue weighted by molar-refractivity contribution is 5.69. The van der Waals surface area contributed by atoms with Crippen LogP contribution in [0.15, 0.2) is 0 Å². The topological polar surface area (TPSA) is 74.6 Å². The van der Waals surface area contributed by atoms with Gasteiger partial charge in [0.25, 0.3) is 0 Å². The first-order valence-corrected chi connectivity index (χ1v) is 11.0. The summed E-state index contributed by atoms with van der Waals surface area (Å²) in [5.41, 5.74) is 0. The lowest BCUT2D eigenvalue weighted by atomic mass is 9.94. The lowest BCUT2D eigenvalue weighted by molar-refractivity contribution is -0.142. The van der Waals surface area contributed by atoms with E-state index in [9.17, 15) is 14.7 Å². The SMILES string of the molecule is CCCCCCCCCCC(CCCCCCCCCC(=O)O)C(=O)O. The van der Waals surface area contributed by atoms with Crippen molar-refractivity contribution >= 4 is 11.9 Å². The first-order chi connectivity index (χ1) is 12.6. The molecule has 26 heavy (non-hydrogen) atoms. The van der Waals surface area contributed by atoms with Crippen LogP contribution in [0.4, 0.5) is 0 Å². The summed E-state index contributed by atoms with van der Waals surface area (Å²) in [4.78, 5) is 21.8. The zero-order chi connectivity index (χ0) is 19.5. The van der Waals surface area contributed by atoms with E-state index in [0.29, 0.717) is 0 Å². The Bertz CT molecular complexity index is 341. The van der Waals surface area contributed by atoms with Gasteiger partial charge >= 0.3 is 11.9 Å². The number of rotatable bonds is 20. The van der Waals surface area contributed by atoms with Crippen LogP contribution in [-0.4, -0.2) is 22.2 Å². The molecule has 0 heterocycles. The summed E-state index contributed by atoms with van der Waals surface area (Å²) in [6.07, 6.45) is 19.2. The molecule has 0 aromatic carbocycles. The molecule has 0 saturated carbocycles. The van der Waals surface area contributed by atoms with Crippen molar-refractivity contribution in [3.05, 3.63) is 0 Å². The normalized spacial score (nSPS) is 12.2. The van der Waals surface area contributed by atoms with Gasteiger partial charge in [-0.2, -0.15) is 0 Å². The molecule has 0 aliphatic carbocycles. The lowest BCUT2D eigenvalue weighted by Crippen LogP contribution is -2.13. The number of carbonyl (C=O) groups is 2. The minimum absolute atomic E-state index is 0.161. The average molecular weight is 371 g/mol. The summed E-state index contributed by atoms with van der Waals surface area (Å²) in [7, 11) is 0. The molecular weight excluding hydrogens is 328 g/mol. The second-order valence-corrected chi connectivity index (χ2v) is 7.71. The number of carboxylic acids is 2. The molecule has 0 amide bonds. The number of aliphatic carboxylic acids is 2. The van der Waals surface area contributed by atoms with Crippen LogP contribution in [0.3, 0.4) is 0 Å². The Morgan fingerprint density at radius 3 is 1.38 bits per heavy atom. The molecule has 154 valence electrons. The van der Waals surface area contributed by atoms with Gasteiger partial charge < -0.3 is 10.2 Å². The Hall–Kier alpha value is -1.06. The predicted octanol–water partition coefficient (Wildman–Crippen LogP) is 6.81. The number of hydrogen-bond acceptors (Lipinski definition) is 2. The van der Waals surface area contributed by atoms with Crippen LogP contribution in [0, 0.1) is 5.92 Å². The highest BCUT2D eigenvalue weighted by Gasteiger charge is 2.16. The maximum Gasteiger partial charge on any atom is 0.306 e. The number of hydrogen-bond donors (Lipinski definition) is 2. The summed E-state index contributed by atoms with van der Waals surface area (Å²) in [5.74, 6) is -1.49. The molecule has 0 rings (SSSR count). The monoisotopic (exact) mass is 370 g/mol. The van der Waals surface area contributed by atoms with Gasteiger partial charge in [-0.1, -0.05) is 96.8 Å². The molecule has 0 radical (unpaired) electrons. The fraction of sp³-hybridized carbons (Fsp3) is 0.909. The second kappa shape index (κ2) is 18.7. The van der Waals surface area contributed by atoms with Gasteiger partial charge in [0.1, 0.15) is 0 Å². The van der Waals surface area contributed by atoms with Crippen LogP contribution >= 0.6 is 0 Å². The molecule has 0 bridgehead atoms. The zero-order valence-corrected chi connectivity index (χ0v) is 17.0. The molecule has 4 nitrogen and oxygen atoms in total. The van der Waals surface area contributed by atoms with Crippen LogP contribution in [-0.2, 0) is 9.59 Å². The van der Waals surface area contributed by atoms with Gasteiger partial charge in [-0.15, -0.1) is 0 Å². The fourth-order valence-corrected chi connectivity index (χ4v) is 3.47. The maximum absolute atomic E-state index is 11.4. The van der Waals surface area contributed by atoms with Crippen molar-refractivity contribution in [3.8, 4) is 0 Å². The smallest absolute Gasteiger partial charge is 0.306 e. The molecule has 1 atom stereocenters. The van der Waals surface area contributed by atoms with Gasteiger partial charge in [0.05, 0.1) is 5.92 Å². The standard InChI is InChI=1S/C22H42O4/c1-2-3-4-5-6-8-11-14-17-20(22(25)26)18-15-12-9-7-10-13-16-19-21(23)24/h20H,2-19H2,1H3,(H,23,24)(H,25,26). The summed E-state index contributed by atoms with van der Waals surface area (Å²) in [5, 5.41) is 17.9. The van der Waals surface area contributed by atoms with Crippen LogP contribution < -0.4 is 0 Å². The van der Waals surface area contributed by atoms with E-state index in [1.54, 1.807) is 0 Å². The zero-order valence-electron chi connectivity index (χ0n) is 17.0. The molecule has 4 heteroatoms. The minimum Gasteiger partial charge on any atom is -0.481 e. The maximum atomic E-state index is 11.4. The van der Waals surface area contributed by atoms with Gasteiger partial charge in [-0.05, 0) is 19.3 Å². The molecule has 0 saturated heterocycles. The summed E-state index contributed by atoms with van der Waals surface area (Å²) >= 11 is 0. The molecule has 0 aliphatic rings. The first-order valence-electron chi connectivity index (χ1n) is 11.0. The fourth-order valence-electron chi connectivity index (χ4n) is 3.47. The third-order valence-corrected chi connectivity index (χ3v) is 5.20. The van der Waals surface area contributed by atoms with Crippen molar-refractivity contribution in [3.63, 3.8) is 0 Å². The molecule has 0 aromatic rings. The van der Waals surface area contributed by atoms with Gasteiger partial charge in [0.2, 0.25) is 0 Å². The largest absolute Gasteiger partial charge is 0.481 e. The van der Waals surface area contributed by atoms with E-state index in [4.69, 9.17) is 5.11 Å². The molecule has 1 unspecified atom stereocenters. The van der Waals surface area contributed by atoms with Crippen molar-refractivity contribution in [2.24, 2.45) is 5.92 Å². The Morgan fingerprint density at radius 1 is 0.615 bits per heavy atom. The molecule has 0 aliphatic heterocycles. The Balaban J connectivity index is 3.50. The molecular formula is C22H42O4. The highest BCUT2D eigenvalue weighted by Crippen LogP contribution is 2.20. The van der Waals surface area contributed by atoms with Crippen LogP contribution in [0.2, 0.25) is 0 Å². The van der Waals surface area contributed by atoms with Gasteiger partial charge in [0, 0.05) is 6.42 Å². The van der Waals surface area contributed by atoms with Crippen molar-refractivity contribution in [2.75, 3.05) is 0 Å². The third-order valence-electron chi connectivity index (χ3n) is 5.20. The van der Waals surface area contributed by atoms with Gasteiger partial charge in [-0.3, -0.25) is 9.59 Å². The van der Waals surface area contributed by atoms with E-state index in [1.807, 2.05) is 0 Å². The third kappa shape index (κ3) is 17.8. The number of unbranched alkanes of at least 4 members (excludes halogenated alkanes) is 13. The van der Waals surface area contributed by atoms with E-state index in [-0.39, 0.29) is 12.3 Å². The minimum atomic E-state index is -0.707. The van der Waals surface area contributed by atoms with Crippen molar-refractivity contribution in [1.82, 2.24) is 0 Å². The summed E-state index contributed by atoms with van der Waals surface area (Å²) < 4.78 is 0. The van der Waals surface area contributed by atoms with E-state index in [1.165, 1.54) is 44.9 Å². The summed E-state index contributed by atoms with van der Waals surface area (Å²) in [6.45, 7) is 2.23. The van der Waals surface area contributed by atoms with Crippen molar-refractivity contribution in [2.45, 2.75) is 122 Å². The molecule has 0 aromatic heterocycles. The quantitative estimate of drug-likeness (QED) is 0.231. The first kappa shape index (κ1) is 24.9. The van der Waals surface area contributed by atoms with Crippen LogP contribution in [0.1, 0.15) is 122 Å². The van der Waals surface area contributed by atoms with E-state index < -0.39 is 11.9 Å². The second-order valence-electron chi connectivity index (χ2n) is 7.71. The Labute approximate surface area is 160 Å². The molecule has 0 fully saturated rings. The van der Waals surface area contributed by atoms with Crippen molar-refractivity contribution < 1.29 is 19.8 Å². The van der Waals surface area contributed by atoms with Crippen LogP contribution in [0.25, 0.3) is 0 Å². The number of carboxylic acid groups (broad SMARTS) is 2. The average Bonchev–Trinajstić information content (AvgIpc) is 2.60. The Morgan fingerprint density at radius 2 is 1.00 bits per heavy atom. The highest BCUT2D eigenvalue weighted by atomic mass is 16.4. The predicted molar refractivity (Wildman–Crippen MR) is 108 cm³/mol. The van der Waals surface area contributed by atoms with Crippen LogP contribution in [0.5, 0.6) is 0 Å².